The molecule has 4 heterocycles. The Morgan fingerprint density at radius 2 is 0.603 bits per heavy atom. The Morgan fingerprint density at radius 1 is 0.362 bits per heavy atom. The van der Waals surface area contributed by atoms with E-state index in [0.29, 0.717) is 24.2 Å². The molecule has 2 aliphatic rings. The van der Waals surface area contributed by atoms with E-state index in [-0.39, 0.29) is 11.8 Å². The van der Waals surface area contributed by atoms with Gasteiger partial charge in [-0.1, -0.05) is 206 Å². The molecule has 0 spiro atoms. The summed E-state index contributed by atoms with van der Waals surface area (Å²) >= 11 is 3.41. The van der Waals surface area contributed by atoms with Crippen molar-refractivity contribution in [1.82, 2.24) is 9.80 Å². The monoisotopic (exact) mass is 833 g/mol. The highest BCUT2D eigenvalue weighted by Crippen LogP contribution is 2.48. The first kappa shape index (κ1) is 48.5. The first-order valence-electron chi connectivity index (χ1n) is 24.7. The molecule has 0 bridgehead atoms. The molecule has 4 nitrogen and oxygen atoms in total. The van der Waals surface area contributed by atoms with Crippen LogP contribution in [-0.4, -0.2) is 34.7 Å². The summed E-state index contributed by atoms with van der Waals surface area (Å²) in [6.45, 7) is 10.2. The maximum Gasteiger partial charge on any atom is 0.261 e. The van der Waals surface area contributed by atoms with Crippen LogP contribution in [0.4, 0.5) is 0 Å². The lowest BCUT2D eigenvalue weighted by Gasteiger charge is -2.24. The predicted octanol–water partition coefficient (Wildman–Crippen LogP) is 16.8. The largest absolute Gasteiger partial charge is 0.306 e. The summed E-state index contributed by atoms with van der Waals surface area (Å²) in [5.74, 6) is 0.0572. The zero-order valence-corrected chi connectivity index (χ0v) is 39.5. The highest BCUT2D eigenvalue weighted by molar-refractivity contribution is 7.13. The lowest BCUT2D eigenvalue weighted by Crippen LogP contribution is -2.30. The van der Waals surface area contributed by atoms with Crippen molar-refractivity contribution in [2.24, 2.45) is 0 Å². The molecular formula is C52H84N2O2S2. The molecule has 0 saturated heterocycles. The van der Waals surface area contributed by atoms with E-state index in [9.17, 15) is 9.59 Å². The number of hydrogen-bond donors (Lipinski definition) is 0. The van der Waals surface area contributed by atoms with Crippen molar-refractivity contribution in [3.05, 3.63) is 54.9 Å². The molecule has 2 aromatic rings. The van der Waals surface area contributed by atoms with Gasteiger partial charge < -0.3 is 9.80 Å². The normalized spacial score (nSPS) is 14.3. The summed E-state index contributed by atoms with van der Waals surface area (Å²) in [5, 5.41) is 0. The SMILES string of the molecule is CCCCCCCCCCCCCCCCCCN1C(=O)C2=C(c3ccc(C)s3)N(CCCCCCCCCCCCCCCCCC)C(=O)C2=C1c1ccc(C)s1. The van der Waals surface area contributed by atoms with Gasteiger partial charge in [-0.2, -0.15) is 0 Å². The van der Waals surface area contributed by atoms with Gasteiger partial charge in [-0.3, -0.25) is 9.59 Å². The zero-order chi connectivity index (χ0) is 41.2. The topological polar surface area (TPSA) is 40.6 Å². The molecule has 0 aromatic carbocycles. The number of hydrogen-bond acceptors (Lipinski definition) is 4. The fourth-order valence-electron chi connectivity index (χ4n) is 9.09. The van der Waals surface area contributed by atoms with Crippen LogP contribution in [-0.2, 0) is 9.59 Å². The smallest absolute Gasteiger partial charge is 0.261 e. The minimum atomic E-state index is 0.0286. The van der Waals surface area contributed by atoms with E-state index < -0.39 is 0 Å². The van der Waals surface area contributed by atoms with Crippen molar-refractivity contribution in [3.63, 3.8) is 0 Å². The number of thiophene rings is 2. The van der Waals surface area contributed by atoms with E-state index >= 15 is 0 Å². The standard InChI is InChI=1S/C52H84N2O2S2/c1-5-7-9-11-13-15-17-19-21-23-25-27-29-31-33-35-41-53-49(45-39-37-43(3)57-45)47-48(51(53)55)50(46-40-38-44(4)58-46)54(52(47)56)42-36-34-32-30-28-26-24-22-20-18-16-14-12-10-8-6-2/h37-40H,5-36,41-42H2,1-4H3. The van der Waals surface area contributed by atoms with Gasteiger partial charge in [0.15, 0.2) is 0 Å². The number of carbonyl (C=O) groups is 2. The number of carbonyl (C=O) groups excluding carboxylic acids is 2. The Hall–Kier alpha value is -2.18. The van der Waals surface area contributed by atoms with E-state index in [1.54, 1.807) is 22.7 Å². The highest BCUT2D eigenvalue weighted by Gasteiger charge is 2.49. The molecule has 4 rings (SSSR count). The van der Waals surface area contributed by atoms with Crippen LogP contribution < -0.4 is 0 Å². The second-order valence-electron chi connectivity index (χ2n) is 17.8. The molecular weight excluding hydrogens is 749 g/mol. The predicted molar refractivity (Wildman–Crippen MR) is 254 cm³/mol. The number of amides is 2. The fourth-order valence-corrected chi connectivity index (χ4v) is 11.0. The molecule has 2 aromatic heterocycles. The quantitative estimate of drug-likeness (QED) is 0.0642. The first-order chi connectivity index (χ1) is 28.5. The van der Waals surface area contributed by atoms with E-state index in [0.717, 1.165) is 46.8 Å². The number of fused-ring (bicyclic) bond motifs is 1. The van der Waals surface area contributed by atoms with Crippen molar-refractivity contribution in [2.45, 2.75) is 233 Å². The van der Waals surface area contributed by atoms with Gasteiger partial charge in [-0.15, -0.1) is 22.7 Å². The van der Waals surface area contributed by atoms with E-state index in [1.165, 1.54) is 190 Å². The maximum absolute atomic E-state index is 14.5. The molecule has 0 radical (unpaired) electrons. The highest BCUT2D eigenvalue weighted by atomic mass is 32.1. The third-order valence-corrected chi connectivity index (χ3v) is 14.6. The zero-order valence-electron chi connectivity index (χ0n) is 37.9. The van der Waals surface area contributed by atoms with E-state index in [2.05, 4.69) is 52.0 Å². The van der Waals surface area contributed by atoms with Crippen molar-refractivity contribution in [1.29, 1.82) is 0 Å². The lowest BCUT2D eigenvalue weighted by molar-refractivity contribution is -0.124. The molecule has 0 fully saturated rings. The third-order valence-electron chi connectivity index (χ3n) is 12.6. The van der Waals surface area contributed by atoms with Crippen LogP contribution in [0.2, 0.25) is 0 Å². The lowest BCUT2D eigenvalue weighted by atomic mass is 10.0. The Bertz CT molecular complexity index is 1400. The molecule has 2 amide bonds. The summed E-state index contributed by atoms with van der Waals surface area (Å²) in [6.07, 6.45) is 42.6. The van der Waals surface area contributed by atoms with Gasteiger partial charge in [-0.25, -0.2) is 0 Å². The number of nitrogens with zero attached hydrogens (tertiary/aromatic N) is 2. The average molecular weight is 833 g/mol. The summed E-state index contributed by atoms with van der Waals surface area (Å²) in [5.41, 5.74) is 3.04. The van der Waals surface area contributed by atoms with Crippen LogP contribution in [0, 0.1) is 13.8 Å². The third kappa shape index (κ3) is 16.4. The van der Waals surface area contributed by atoms with Gasteiger partial charge in [-0.05, 0) is 51.0 Å². The van der Waals surface area contributed by atoms with Crippen molar-refractivity contribution < 1.29 is 9.59 Å². The van der Waals surface area contributed by atoms with Crippen LogP contribution >= 0.6 is 22.7 Å². The van der Waals surface area contributed by atoms with Crippen LogP contribution in [0.15, 0.2) is 35.4 Å². The Morgan fingerprint density at radius 3 is 0.828 bits per heavy atom. The van der Waals surface area contributed by atoms with E-state index in [1.807, 2.05) is 9.80 Å². The Kier molecular flexibility index (Phi) is 24.4. The van der Waals surface area contributed by atoms with Crippen LogP contribution in [0.5, 0.6) is 0 Å². The molecule has 0 unspecified atom stereocenters. The van der Waals surface area contributed by atoms with Crippen molar-refractivity contribution in [2.75, 3.05) is 13.1 Å². The average Bonchev–Trinajstić information content (AvgIpc) is 3.98. The number of rotatable bonds is 36. The van der Waals surface area contributed by atoms with Crippen LogP contribution in [0.1, 0.15) is 239 Å². The number of unbranched alkanes of at least 4 members (excludes halogenated alkanes) is 30. The van der Waals surface area contributed by atoms with E-state index in [4.69, 9.17) is 0 Å². The molecule has 0 saturated carbocycles. The Balaban J connectivity index is 1.22. The second kappa shape index (κ2) is 29.1. The molecule has 326 valence electrons. The molecule has 0 N–H and O–H groups in total. The van der Waals surface area contributed by atoms with Crippen LogP contribution in [0.3, 0.4) is 0 Å². The summed E-state index contributed by atoms with van der Waals surface area (Å²) in [7, 11) is 0. The molecule has 58 heavy (non-hydrogen) atoms. The summed E-state index contributed by atoms with van der Waals surface area (Å²) in [6, 6.07) is 8.51. The van der Waals surface area contributed by atoms with Gasteiger partial charge in [0.1, 0.15) is 0 Å². The minimum absolute atomic E-state index is 0.0286. The number of aryl methyl sites for hydroxylation is 2. The molecule has 0 atom stereocenters. The van der Waals surface area contributed by atoms with Crippen molar-refractivity contribution >= 4 is 45.9 Å². The van der Waals surface area contributed by atoms with Crippen molar-refractivity contribution in [3.8, 4) is 0 Å². The fraction of sp³-hybridized carbons (Fsp3) is 0.731. The summed E-state index contributed by atoms with van der Waals surface area (Å²) in [4.78, 5) is 37.5. The molecule has 2 aliphatic heterocycles. The van der Waals surface area contributed by atoms with Gasteiger partial charge in [0.2, 0.25) is 0 Å². The second-order valence-corrected chi connectivity index (χ2v) is 20.4. The van der Waals surface area contributed by atoms with Crippen LogP contribution in [0.25, 0.3) is 11.4 Å². The van der Waals surface area contributed by atoms with Gasteiger partial charge in [0.05, 0.1) is 32.3 Å². The minimum Gasteiger partial charge on any atom is -0.306 e. The van der Waals surface area contributed by atoms with Gasteiger partial charge in [0.25, 0.3) is 11.8 Å². The first-order valence-corrected chi connectivity index (χ1v) is 26.4. The summed E-state index contributed by atoms with van der Waals surface area (Å²) < 4.78 is 0. The molecule has 6 heteroatoms. The Labute approximate surface area is 364 Å². The maximum atomic E-state index is 14.5. The van der Waals surface area contributed by atoms with Gasteiger partial charge >= 0.3 is 0 Å². The van der Waals surface area contributed by atoms with Gasteiger partial charge in [0, 0.05) is 22.8 Å². The molecule has 0 aliphatic carbocycles.